The van der Waals surface area contributed by atoms with E-state index >= 15 is 0 Å². The van der Waals surface area contributed by atoms with Crippen LogP contribution in [-0.4, -0.2) is 5.78 Å². The van der Waals surface area contributed by atoms with Gasteiger partial charge in [-0.25, -0.2) is 0 Å². The van der Waals surface area contributed by atoms with Crippen LogP contribution >= 0.6 is 11.8 Å². The molecule has 2 atom stereocenters. The topological polar surface area (TPSA) is 40.9 Å². The molecule has 1 aromatic carbocycles. The van der Waals surface area contributed by atoms with Gasteiger partial charge in [-0.2, -0.15) is 5.26 Å². The van der Waals surface area contributed by atoms with Crippen LogP contribution < -0.4 is 0 Å². The molecule has 0 radical (unpaired) electrons. The van der Waals surface area contributed by atoms with E-state index in [4.69, 9.17) is 5.26 Å². The molecule has 0 aliphatic heterocycles. The summed E-state index contributed by atoms with van der Waals surface area (Å²) in [4.78, 5) is 12.7. The van der Waals surface area contributed by atoms with E-state index in [9.17, 15) is 4.79 Å². The van der Waals surface area contributed by atoms with E-state index in [0.29, 0.717) is 5.92 Å². The number of carbonyl (C=O) groups is 1. The Morgan fingerprint density at radius 1 is 1.47 bits per heavy atom. The van der Waals surface area contributed by atoms with E-state index in [2.05, 4.69) is 6.92 Å². The van der Waals surface area contributed by atoms with Crippen molar-refractivity contribution in [1.82, 2.24) is 0 Å². The van der Waals surface area contributed by atoms with Crippen molar-refractivity contribution < 1.29 is 4.79 Å². The lowest BCUT2D eigenvalue weighted by molar-refractivity contribution is 0.0962. The van der Waals surface area contributed by atoms with E-state index in [0.717, 1.165) is 28.6 Å². The standard InChI is InChI=1S/C12H11NOS/c1-8-6-11(8)12(14)9-2-4-10(5-3-9)15-7-13/h2-5,8,11H,6H2,1H3/t8?,11-/m0/s1. The Bertz CT molecular complexity index is 418. The number of carbonyl (C=O) groups excluding carboxylic acids is 1. The lowest BCUT2D eigenvalue weighted by Gasteiger charge is -1.99. The van der Waals surface area contributed by atoms with E-state index < -0.39 is 0 Å². The summed E-state index contributed by atoms with van der Waals surface area (Å²) >= 11 is 1.11. The van der Waals surface area contributed by atoms with Gasteiger partial charge in [-0.05, 0) is 36.2 Å². The number of thiocyanates is 1. The first-order valence-corrected chi connectivity index (χ1v) is 5.74. The first-order chi connectivity index (χ1) is 7.22. The van der Waals surface area contributed by atoms with Crippen LogP contribution in [0.5, 0.6) is 0 Å². The van der Waals surface area contributed by atoms with Crippen molar-refractivity contribution >= 4 is 17.5 Å². The zero-order chi connectivity index (χ0) is 10.8. The highest BCUT2D eigenvalue weighted by Crippen LogP contribution is 2.40. The van der Waals surface area contributed by atoms with Crippen LogP contribution in [-0.2, 0) is 0 Å². The van der Waals surface area contributed by atoms with Crippen molar-refractivity contribution in [2.24, 2.45) is 11.8 Å². The Hall–Kier alpha value is -1.27. The Morgan fingerprint density at radius 3 is 2.53 bits per heavy atom. The molecule has 0 amide bonds. The van der Waals surface area contributed by atoms with Gasteiger partial charge in [-0.1, -0.05) is 19.1 Å². The molecule has 0 heterocycles. The maximum atomic E-state index is 11.8. The van der Waals surface area contributed by atoms with Gasteiger partial charge in [-0.3, -0.25) is 4.79 Å². The summed E-state index contributed by atoms with van der Waals surface area (Å²) in [6, 6.07) is 7.28. The van der Waals surface area contributed by atoms with Gasteiger partial charge in [0.2, 0.25) is 0 Å². The quantitative estimate of drug-likeness (QED) is 0.444. The molecule has 15 heavy (non-hydrogen) atoms. The van der Waals surface area contributed by atoms with Crippen LogP contribution in [0.2, 0.25) is 0 Å². The summed E-state index contributed by atoms with van der Waals surface area (Å²) in [6.45, 7) is 2.10. The average Bonchev–Trinajstić information content (AvgIpc) is 2.96. The molecule has 1 aliphatic rings. The summed E-state index contributed by atoms with van der Waals surface area (Å²) in [5.74, 6) is 1.03. The zero-order valence-electron chi connectivity index (χ0n) is 8.43. The number of rotatable bonds is 3. The summed E-state index contributed by atoms with van der Waals surface area (Å²) < 4.78 is 0. The minimum absolute atomic E-state index is 0.236. The maximum Gasteiger partial charge on any atom is 0.166 e. The van der Waals surface area contributed by atoms with Crippen LogP contribution in [0.15, 0.2) is 29.2 Å². The van der Waals surface area contributed by atoms with Gasteiger partial charge in [0.15, 0.2) is 5.78 Å². The molecule has 76 valence electrons. The predicted molar refractivity (Wildman–Crippen MR) is 59.5 cm³/mol. The number of hydrogen-bond acceptors (Lipinski definition) is 3. The van der Waals surface area contributed by atoms with Gasteiger partial charge in [0, 0.05) is 16.4 Å². The lowest BCUT2D eigenvalue weighted by atomic mass is 10.1. The summed E-state index contributed by atoms with van der Waals surface area (Å²) in [6.07, 6.45) is 1.02. The highest BCUT2D eigenvalue weighted by atomic mass is 32.2. The molecule has 0 spiro atoms. The van der Waals surface area contributed by atoms with Gasteiger partial charge in [0.1, 0.15) is 5.40 Å². The summed E-state index contributed by atoms with van der Waals surface area (Å²) in [7, 11) is 0. The third-order valence-electron chi connectivity index (χ3n) is 2.75. The Kier molecular flexibility index (Phi) is 2.79. The van der Waals surface area contributed by atoms with Gasteiger partial charge in [-0.15, -0.1) is 0 Å². The fraction of sp³-hybridized carbons (Fsp3) is 0.333. The van der Waals surface area contributed by atoms with Crippen molar-refractivity contribution in [2.75, 3.05) is 0 Å². The number of Topliss-reactive ketones (excluding diaryl/α,β-unsaturated/α-hetero) is 1. The van der Waals surface area contributed by atoms with Gasteiger partial charge in [0.05, 0.1) is 0 Å². The fourth-order valence-electron chi connectivity index (χ4n) is 1.64. The third kappa shape index (κ3) is 2.21. The maximum absolute atomic E-state index is 11.8. The Balaban J connectivity index is 2.10. The average molecular weight is 217 g/mol. The largest absolute Gasteiger partial charge is 0.294 e. The summed E-state index contributed by atoms with van der Waals surface area (Å²) in [5, 5.41) is 10.5. The molecular formula is C12H11NOS. The smallest absolute Gasteiger partial charge is 0.166 e. The second-order valence-electron chi connectivity index (χ2n) is 3.90. The van der Waals surface area contributed by atoms with E-state index in [1.807, 2.05) is 29.7 Å². The van der Waals surface area contributed by atoms with Crippen molar-refractivity contribution in [1.29, 1.82) is 5.26 Å². The SMILES string of the molecule is CC1C[C@@H]1C(=O)c1ccc(SC#N)cc1. The number of nitriles is 1. The number of nitrogens with zero attached hydrogens (tertiary/aromatic N) is 1. The number of hydrogen-bond donors (Lipinski definition) is 0. The molecular weight excluding hydrogens is 206 g/mol. The minimum Gasteiger partial charge on any atom is -0.294 e. The molecule has 2 nitrogen and oxygen atoms in total. The third-order valence-corrected chi connectivity index (χ3v) is 3.35. The molecule has 0 bridgehead atoms. The fourth-order valence-corrected chi connectivity index (χ4v) is 2.02. The first-order valence-electron chi connectivity index (χ1n) is 4.92. The number of thioether (sulfide) groups is 1. The molecule has 0 saturated heterocycles. The minimum atomic E-state index is 0.236. The highest BCUT2D eigenvalue weighted by molar-refractivity contribution is 8.03. The van der Waals surface area contributed by atoms with Crippen LogP contribution in [0.25, 0.3) is 0 Å². The second kappa shape index (κ2) is 4.08. The lowest BCUT2D eigenvalue weighted by Crippen LogP contribution is -2.02. The van der Waals surface area contributed by atoms with Crippen molar-refractivity contribution in [2.45, 2.75) is 18.2 Å². The van der Waals surface area contributed by atoms with E-state index in [1.54, 1.807) is 0 Å². The van der Waals surface area contributed by atoms with E-state index in [-0.39, 0.29) is 11.7 Å². The van der Waals surface area contributed by atoms with Crippen LogP contribution in [0.4, 0.5) is 0 Å². The van der Waals surface area contributed by atoms with Crippen molar-refractivity contribution in [3.8, 4) is 5.40 Å². The predicted octanol–water partition coefficient (Wildman–Crippen LogP) is 3.10. The monoisotopic (exact) mass is 217 g/mol. The van der Waals surface area contributed by atoms with Crippen LogP contribution in [0.1, 0.15) is 23.7 Å². The van der Waals surface area contributed by atoms with Crippen molar-refractivity contribution in [3.05, 3.63) is 29.8 Å². The number of benzene rings is 1. The van der Waals surface area contributed by atoms with Crippen LogP contribution in [0, 0.1) is 22.5 Å². The molecule has 1 fully saturated rings. The molecule has 2 rings (SSSR count). The molecule has 1 aromatic rings. The second-order valence-corrected chi connectivity index (χ2v) is 4.76. The molecule has 3 heteroatoms. The van der Waals surface area contributed by atoms with Crippen LogP contribution in [0.3, 0.4) is 0 Å². The normalized spacial score (nSPS) is 23.2. The molecule has 1 aliphatic carbocycles. The van der Waals surface area contributed by atoms with Gasteiger partial charge < -0.3 is 0 Å². The molecule has 0 N–H and O–H groups in total. The van der Waals surface area contributed by atoms with Gasteiger partial charge in [0.25, 0.3) is 0 Å². The molecule has 1 saturated carbocycles. The first kappa shape index (κ1) is 10.3. The summed E-state index contributed by atoms with van der Waals surface area (Å²) in [5.41, 5.74) is 0.770. The zero-order valence-corrected chi connectivity index (χ0v) is 9.25. The highest BCUT2D eigenvalue weighted by Gasteiger charge is 2.39. The molecule has 1 unspecified atom stereocenters. The Labute approximate surface area is 93.3 Å². The Morgan fingerprint density at radius 2 is 2.07 bits per heavy atom. The van der Waals surface area contributed by atoms with E-state index in [1.165, 1.54) is 0 Å². The molecule has 0 aromatic heterocycles. The van der Waals surface area contributed by atoms with Gasteiger partial charge >= 0.3 is 0 Å². The number of ketones is 1. The van der Waals surface area contributed by atoms with Crippen molar-refractivity contribution in [3.63, 3.8) is 0 Å².